The smallest absolute Gasteiger partial charge is 0.353 e. The van der Waals surface area contributed by atoms with Gasteiger partial charge in [-0.2, -0.15) is 0 Å². The van der Waals surface area contributed by atoms with Gasteiger partial charge >= 0.3 is 11.9 Å². The van der Waals surface area contributed by atoms with Crippen molar-refractivity contribution in [1.29, 1.82) is 0 Å². The minimum Gasteiger partial charge on any atom is -0.478 e. The van der Waals surface area contributed by atoms with Gasteiger partial charge in [-0.25, -0.2) is 9.59 Å². The molecule has 6 nitrogen and oxygen atoms in total. The van der Waals surface area contributed by atoms with Crippen LogP contribution in [0.15, 0.2) is 77.6 Å². The number of aromatic carboxylic acids is 2. The fourth-order valence-electron chi connectivity index (χ4n) is 3.63. The highest BCUT2D eigenvalue weighted by molar-refractivity contribution is 6.31. The molecule has 154 valence electrons. The number of carboxylic acid groups (broad SMARTS) is 2. The zero-order valence-electron chi connectivity index (χ0n) is 16.1. The molecule has 0 aliphatic heterocycles. The molecule has 0 radical (unpaired) electrons. The molecule has 0 amide bonds. The SMILES string of the molecule is O=C(O)c1ccc(-c2c(C(=O)O)n(Cc3ccccc3)c(=O)c3ccc(Cl)cc23)cc1. The average molecular weight is 434 g/mol. The zero-order valence-corrected chi connectivity index (χ0v) is 16.8. The summed E-state index contributed by atoms with van der Waals surface area (Å²) in [6.07, 6.45) is 0. The van der Waals surface area contributed by atoms with E-state index in [4.69, 9.17) is 11.6 Å². The van der Waals surface area contributed by atoms with E-state index in [0.717, 1.165) is 5.56 Å². The summed E-state index contributed by atoms with van der Waals surface area (Å²) < 4.78 is 1.23. The molecule has 0 atom stereocenters. The average Bonchev–Trinajstić information content (AvgIpc) is 2.76. The van der Waals surface area contributed by atoms with E-state index in [0.29, 0.717) is 26.9 Å². The predicted octanol–water partition coefficient (Wildman–Crippen LogP) is 4.77. The fourth-order valence-corrected chi connectivity index (χ4v) is 3.80. The van der Waals surface area contributed by atoms with Crippen LogP contribution in [0.25, 0.3) is 21.9 Å². The van der Waals surface area contributed by atoms with Crippen LogP contribution in [-0.2, 0) is 6.54 Å². The topological polar surface area (TPSA) is 96.6 Å². The Morgan fingerprint density at radius 3 is 2.13 bits per heavy atom. The molecule has 7 heteroatoms. The van der Waals surface area contributed by atoms with Crippen LogP contribution in [0, 0.1) is 0 Å². The second kappa shape index (κ2) is 8.08. The van der Waals surface area contributed by atoms with Gasteiger partial charge in [0.15, 0.2) is 0 Å². The fraction of sp³-hybridized carbons (Fsp3) is 0.0417. The number of pyridine rings is 1. The molecule has 1 aromatic heterocycles. The molecule has 0 aliphatic carbocycles. The van der Waals surface area contributed by atoms with E-state index in [1.165, 1.54) is 28.8 Å². The van der Waals surface area contributed by atoms with Crippen molar-refractivity contribution >= 4 is 34.3 Å². The van der Waals surface area contributed by atoms with E-state index in [1.54, 1.807) is 18.2 Å². The quantitative estimate of drug-likeness (QED) is 0.472. The molecule has 2 N–H and O–H groups in total. The first-order valence-corrected chi connectivity index (χ1v) is 9.71. The number of benzene rings is 3. The molecule has 0 unspecified atom stereocenters. The van der Waals surface area contributed by atoms with Crippen molar-refractivity contribution in [3.05, 3.63) is 105 Å². The van der Waals surface area contributed by atoms with Gasteiger partial charge in [0, 0.05) is 16.0 Å². The Bertz CT molecular complexity index is 1380. The van der Waals surface area contributed by atoms with Gasteiger partial charge in [-0.05, 0) is 46.8 Å². The summed E-state index contributed by atoms with van der Waals surface area (Å²) in [4.78, 5) is 36.9. The van der Waals surface area contributed by atoms with Gasteiger partial charge in [0.25, 0.3) is 5.56 Å². The minimum absolute atomic E-state index is 0.0695. The van der Waals surface area contributed by atoms with Crippen LogP contribution < -0.4 is 5.56 Å². The Hall–Kier alpha value is -3.90. The van der Waals surface area contributed by atoms with Crippen LogP contribution in [0.2, 0.25) is 5.02 Å². The van der Waals surface area contributed by atoms with E-state index in [-0.39, 0.29) is 17.8 Å². The van der Waals surface area contributed by atoms with Crippen LogP contribution in [0.5, 0.6) is 0 Å². The van der Waals surface area contributed by atoms with Crippen LogP contribution >= 0.6 is 11.6 Å². The van der Waals surface area contributed by atoms with Crippen LogP contribution in [0.3, 0.4) is 0 Å². The van der Waals surface area contributed by atoms with Crippen molar-refractivity contribution in [1.82, 2.24) is 4.57 Å². The van der Waals surface area contributed by atoms with Gasteiger partial charge in [-0.1, -0.05) is 54.1 Å². The Morgan fingerprint density at radius 2 is 1.52 bits per heavy atom. The lowest BCUT2D eigenvalue weighted by Gasteiger charge is -2.18. The Morgan fingerprint density at radius 1 is 0.839 bits per heavy atom. The maximum atomic E-state index is 13.3. The summed E-state index contributed by atoms with van der Waals surface area (Å²) in [5.41, 5.74) is 0.979. The molecule has 31 heavy (non-hydrogen) atoms. The molecule has 0 spiro atoms. The Balaban J connectivity index is 2.09. The lowest BCUT2D eigenvalue weighted by atomic mass is 9.95. The number of nitrogens with zero attached hydrogens (tertiary/aromatic N) is 1. The number of carbonyl (C=O) groups is 2. The molecule has 0 bridgehead atoms. The summed E-state index contributed by atoms with van der Waals surface area (Å²) in [5.74, 6) is -2.36. The van der Waals surface area contributed by atoms with E-state index in [9.17, 15) is 24.6 Å². The highest BCUT2D eigenvalue weighted by Gasteiger charge is 2.23. The predicted molar refractivity (Wildman–Crippen MR) is 118 cm³/mol. The molecule has 3 aromatic carbocycles. The molecule has 4 rings (SSSR count). The molecule has 0 fully saturated rings. The maximum Gasteiger partial charge on any atom is 0.353 e. The maximum absolute atomic E-state index is 13.3. The lowest BCUT2D eigenvalue weighted by molar-refractivity contribution is 0.0678. The van der Waals surface area contributed by atoms with Crippen molar-refractivity contribution in [2.24, 2.45) is 0 Å². The first kappa shape index (κ1) is 20.4. The standard InChI is InChI=1S/C24H16ClNO5/c25-17-10-11-18-19(12-17)20(15-6-8-16(9-7-15)23(28)29)21(24(30)31)26(22(18)27)13-14-4-2-1-3-5-14/h1-12H,13H2,(H,28,29)(H,30,31). The van der Waals surface area contributed by atoms with Crippen molar-refractivity contribution < 1.29 is 19.8 Å². The van der Waals surface area contributed by atoms with Gasteiger partial charge in [0.2, 0.25) is 0 Å². The molecule has 0 saturated heterocycles. The summed E-state index contributed by atoms with van der Waals surface area (Å²) in [7, 11) is 0. The van der Waals surface area contributed by atoms with Crippen molar-refractivity contribution in [3.8, 4) is 11.1 Å². The van der Waals surface area contributed by atoms with E-state index in [2.05, 4.69) is 0 Å². The Kier molecular flexibility index (Phi) is 5.31. The van der Waals surface area contributed by atoms with E-state index < -0.39 is 17.5 Å². The Labute approximate surface area is 181 Å². The molecule has 0 aliphatic rings. The zero-order chi connectivity index (χ0) is 22.1. The number of hydrogen-bond acceptors (Lipinski definition) is 3. The first-order valence-electron chi connectivity index (χ1n) is 9.34. The largest absolute Gasteiger partial charge is 0.478 e. The first-order chi connectivity index (χ1) is 14.9. The number of carboxylic acids is 2. The summed E-state index contributed by atoms with van der Waals surface area (Å²) in [6.45, 7) is 0.0695. The van der Waals surface area contributed by atoms with Crippen LogP contribution in [-0.4, -0.2) is 26.7 Å². The van der Waals surface area contributed by atoms with Crippen LogP contribution in [0.1, 0.15) is 26.4 Å². The van der Waals surface area contributed by atoms with Gasteiger partial charge in [0.1, 0.15) is 5.69 Å². The highest BCUT2D eigenvalue weighted by Crippen LogP contribution is 2.33. The lowest BCUT2D eigenvalue weighted by Crippen LogP contribution is -2.28. The molecular weight excluding hydrogens is 418 g/mol. The number of aromatic nitrogens is 1. The second-order valence-corrected chi connectivity index (χ2v) is 7.41. The number of rotatable bonds is 5. The molecule has 1 heterocycles. The van der Waals surface area contributed by atoms with Crippen molar-refractivity contribution in [2.45, 2.75) is 6.54 Å². The van der Waals surface area contributed by atoms with E-state index >= 15 is 0 Å². The van der Waals surface area contributed by atoms with Gasteiger partial charge in [-0.3, -0.25) is 9.36 Å². The van der Waals surface area contributed by atoms with Crippen molar-refractivity contribution in [3.63, 3.8) is 0 Å². The molecule has 4 aromatic rings. The third-order valence-electron chi connectivity index (χ3n) is 5.04. The molecular formula is C24H16ClNO5. The van der Waals surface area contributed by atoms with Gasteiger partial charge in [-0.15, -0.1) is 0 Å². The molecule has 0 saturated carbocycles. The van der Waals surface area contributed by atoms with Gasteiger partial charge < -0.3 is 10.2 Å². The number of halogens is 1. The van der Waals surface area contributed by atoms with E-state index in [1.807, 2.05) is 30.3 Å². The van der Waals surface area contributed by atoms with Crippen molar-refractivity contribution in [2.75, 3.05) is 0 Å². The minimum atomic E-state index is -1.27. The monoisotopic (exact) mass is 433 g/mol. The third-order valence-corrected chi connectivity index (χ3v) is 5.27. The normalized spacial score (nSPS) is 10.9. The van der Waals surface area contributed by atoms with Crippen LogP contribution in [0.4, 0.5) is 0 Å². The summed E-state index contributed by atoms with van der Waals surface area (Å²) in [5, 5.41) is 20.3. The van der Waals surface area contributed by atoms with Gasteiger partial charge in [0.05, 0.1) is 12.1 Å². The number of fused-ring (bicyclic) bond motifs is 1. The summed E-state index contributed by atoms with van der Waals surface area (Å²) in [6, 6.07) is 19.6. The highest BCUT2D eigenvalue weighted by atomic mass is 35.5. The third kappa shape index (κ3) is 3.81. The second-order valence-electron chi connectivity index (χ2n) is 6.98. The number of hydrogen-bond donors (Lipinski definition) is 2. The summed E-state index contributed by atoms with van der Waals surface area (Å²) >= 11 is 6.16.